The fourth-order valence-electron chi connectivity index (χ4n) is 3.10. The lowest BCUT2D eigenvalue weighted by Crippen LogP contribution is -2.41. The van der Waals surface area contributed by atoms with Crippen LogP contribution in [0.3, 0.4) is 0 Å². The summed E-state index contributed by atoms with van der Waals surface area (Å²) in [6.07, 6.45) is -2.09. The highest BCUT2D eigenvalue weighted by Gasteiger charge is 2.37. The van der Waals surface area contributed by atoms with Gasteiger partial charge in [0.15, 0.2) is 0 Å². The van der Waals surface area contributed by atoms with Crippen molar-refractivity contribution in [2.75, 3.05) is 13.2 Å². The van der Waals surface area contributed by atoms with Crippen LogP contribution >= 0.6 is 0 Å². The Hall–Kier alpha value is -1.83. The van der Waals surface area contributed by atoms with Crippen LogP contribution in [-0.2, 0) is 17.3 Å². The highest BCUT2D eigenvalue weighted by Crippen LogP contribution is 2.30. The third-order valence-corrected chi connectivity index (χ3v) is 4.30. The number of halogens is 3. The van der Waals surface area contributed by atoms with Gasteiger partial charge in [-0.2, -0.15) is 13.2 Å². The predicted octanol–water partition coefficient (Wildman–Crippen LogP) is 3.65. The fourth-order valence-corrected chi connectivity index (χ4v) is 3.10. The van der Waals surface area contributed by atoms with Crippen LogP contribution in [-0.4, -0.2) is 45.9 Å². The highest BCUT2D eigenvalue weighted by molar-refractivity contribution is 5.69. The van der Waals surface area contributed by atoms with Crippen LogP contribution in [0.2, 0.25) is 0 Å². The first-order valence-corrected chi connectivity index (χ1v) is 8.62. The van der Waals surface area contributed by atoms with Crippen LogP contribution in [0.1, 0.15) is 44.9 Å². The molecule has 1 fully saturated rings. The summed E-state index contributed by atoms with van der Waals surface area (Å²) in [4.78, 5) is 17.1. The molecule has 1 saturated heterocycles. The Labute approximate surface area is 151 Å². The summed E-state index contributed by atoms with van der Waals surface area (Å²) in [5.41, 5.74) is -0.964. The molecule has 8 heteroatoms. The van der Waals surface area contributed by atoms with Gasteiger partial charge in [0.25, 0.3) is 0 Å². The number of alkyl halides is 3. The number of hydrogen-bond acceptors (Lipinski definition) is 4. The maximum atomic E-state index is 12.7. The molecule has 2 unspecified atom stereocenters. The van der Waals surface area contributed by atoms with E-state index in [-0.39, 0.29) is 18.6 Å². The van der Waals surface area contributed by atoms with Crippen molar-refractivity contribution >= 4 is 6.09 Å². The third kappa shape index (κ3) is 5.59. The first-order chi connectivity index (χ1) is 12.0. The Morgan fingerprint density at radius 1 is 1.38 bits per heavy atom. The van der Waals surface area contributed by atoms with Crippen molar-refractivity contribution in [1.29, 1.82) is 0 Å². The average Bonchev–Trinajstić information content (AvgIpc) is 2.94. The van der Waals surface area contributed by atoms with Crippen molar-refractivity contribution in [3.63, 3.8) is 0 Å². The number of aryl methyl sites for hydroxylation is 1. The summed E-state index contributed by atoms with van der Waals surface area (Å²) in [6.45, 7) is 5.58. The molecule has 2 rings (SSSR count). The van der Waals surface area contributed by atoms with Gasteiger partial charge in [0.2, 0.25) is 0 Å². The van der Waals surface area contributed by atoms with E-state index >= 15 is 0 Å². The molecule has 0 aliphatic carbocycles. The van der Waals surface area contributed by atoms with Gasteiger partial charge in [0.05, 0.1) is 12.6 Å². The molecule has 0 saturated carbocycles. The zero-order valence-corrected chi connectivity index (χ0v) is 15.2. The molecule has 1 aromatic heterocycles. The molecular formula is C18H25F3N2O3. The van der Waals surface area contributed by atoms with Gasteiger partial charge >= 0.3 is 12.3 Å². The van der Waals surface area contributed by atoms with E-state index in [0.29, 0.717) is 31.4 Å². The summed E-state index contributed by atoms with van der Waals surface area (Å²) in [6, 6.07) is 2.31. The lowest BCUT2D eigenvalue weighted by molar-refractivity contribution is -0.141. The van der Waals surface area contributed by atoms with Gasteiger partial charge in [0, 0.05) is 12.7 Å². The van der Waals surface area contributed by atoms with Crippen molar-refractivity contribution in [3.05, 3.63) is 29.6 Å². The van der Waals surface area contributed by atoms with Gasteiger partial charge in [-0.05, 0) is 63.6 Å². The molecule has 2 atom stereocenters. The molecule has 26 heavy (non-hydrogen) atoms. The van der Waals surface area contributed by atoms with Crippen LogP contribution in [0.25, 0.3) is 0 Å². The summed E-state index contributed by atoms with van der Waals surface area (Å²) in [5, 5.41) is 9.53. The van der Waals surface area contributed by atoms with Crippen LogP contribution < -0.4 is 0 Å². The van der Waals surface area contributed by atoms with Gasteiger partial charge in [-0.1, -0.05) is 0 Å². The van der Waals surface area contributed by atoms with E-state index in [1.165, 1.54) is 4.90 Å². The van der Waals surface area contributed by atoms with Gasteiger partial charge in [-0.15, -0.1) is 0 Å². The number of amides is 1. The number of aliphatic hydroxyl groups excluding tert-OH is 1. The number of likely N-dealkylation sites (tertiary alicyclic amines) is 1. The van der Waals surface area contributed by atoms with Gasteiger partial charge in [-0.3, -0.25) is 4.98 Å². The minimum Gasteiger partial charge on any atom is -0.444 e. The molecule has 1 N–H and O–H groups in total. The second-order valence-electron chi connectivity index (χ2n) is 7.66. The Balaban J connectivity index is 1.96. The number of nitrogens with zero attached hydrogens (tertiary/aromatic N) is 2. The number of carbonyl (C=O) groups excluding carboxylic acids is 1. The number of aliphatic hydroxyl groups is 1. The van der Waals surface area contributed by atoms with Crippen LogP contribution in [0, 0.1) is 5.92 Å². The number of aromatic nitrogens is 1. The van der Waals surface area contributed by atoms with Crippen molar-refractivity contribution in [3.8, 4) is 0 Å². The van der Waals surface area contributed by atoms with Crippen molar-refractivity contribution in [2.24, 2.45) is 5.92 Å². The highest BCUT2D eigenvalue weighted by atomic mass is 19.4. The van der Waals surface area contributed by atoms with E-state index in [0.717, 1.165) is 12.3 Å². The minimum absolute atomic E-state index is 0.0992. The van der Waals surface area contributed by atoms with E-state index in [2.05, 4.69) is 4.98 Å². The predicted molar refractivity (Wildman–Crippen MR) is 89.5 cm³/mol. The van der Waals surface area contributed by atoms with E-state index in [4.69, 9.17) is 4.74 Å². The third-order valence-electron chi connectivity index (χ3n) is 4.30. The number of pyridine rings is 1. The van der Waals surface area contributed by atoms with Crippen LogP contribution in [0.4, 0.5) is 18.0 Å². The Morgan fingerprint density at radius 3 is 2.65 bits per heavy atom. The first-order valence-electron chi connectivity index (χ1n) is 8.62. The second kappa shape index (κ2) is 7.82. The molecule has 0 bridgehead atoms. The zero-order valence-electron chi connectivity index (χ0n) is 15.2. The molecule has 1 aliphatic rings. The van der Waals surface area contributed by atoms with E-state index in [1.807, 2.05) is 0 Å². The topological polar surface area (TPSA) is 62.7 Å². The molecular weight excluding hydrogens is 349 g/mol. The number of ether oxygens (including phenoxy) is 1. The zero-order chi connectivity index (χ0) is 19.5. The average molecular weight is 374 g/mol. The molecule has 1 amide bonds. The maximum Gasteiger partial charge on any atom is 0.433 e. The summed E-state index contributed by atoms with van der Waals surface area (Å²) in [5.74, 6) is 0.0992. The van der Waals surface area contributed by atoms with Crippen molar-refractivity contribution in [2.45, 2.75) is 57.9 Å². The molecule has 1 aromatic rings. The quantitative estimate of drug-likeness (QED) is 0.874. The molecule has 5 nitrogen and oxygen atoms in total. The molecule has 0 aromatic carbocycles. The molecule has 0 spiro atoms. The van der Waals surface area contributed by atoms with E-state index in [9.17, 15) is 23.1 Å². The fraction of sp³-hybridized carbons (Fsp3) is 0.667. The lowest BCUT2D eigenvalue weighted by Gasteiger charge is -2.27. The van der Waals surface area contributed by atoms with Gasteiger partial charge in [-0.25, -0.2) is 4.79 Å². The monoisotopic (exact) mass is 374 g/mol. The molecule has 146 valence electrons. The second-order valence-corrected chi connectivity index (χ2v) is 7.66. The van der Waals surface area contributed by atoms with Gasteiger partial charge in [0.1, 0.15) is 11.3 Å². The summed E-state index contributed by atoms with van der Waals surface area (Å²) < 4.78 is 43.6. The lowest BCUT2D eigenvalue weighted by atomic mass is 9.97. The van der Waals surface area contributed by atoms with E-state index in [1.54, 1.807) is 26.8 Å². The Kier molecular flexibility index (Phi) is 6.16. The van der Waals surface area contributed by atoms with Gasteiger partial charge < -0.3 is 14.7 Å². The standard InChI is InChI=1S/C18H25F3N2O3/c1-17(2,3)26-16(25)23-10-13(8-14(23)11-24)5-4-12-6-7-22-15(9-12)18(19,20)21/h6-7,9,13-14,24H,4-5,8,10-11H2,1-3H3. The molecule has 0 radical (unpaired) electrons. The molecule has 1 aliphatic heterocycles. The number of rotatable bonds is 4. The minimum atomic E-state index is -4.46. The number of carbonyl (C=O) groups is 1. The van der Waals surface area contributed by atoms with Crippen LogP contribution in [0.5, 0.6) is 0 Å². The maximum absolute atomic E-state index is 12.7. The van der Waals surface area contributed by atoms with Crippen molar-refractivity contribution < 1.29 is 27.8 Å². The first kappa shape index (κ1) is 20.5. The SMILES string of the molecule is CC(C)(C)OC(=O)N1CC(CCc2ccnc(C(F)(F)F)c2)CC1CO. The Bertz CT molecular complexity index is 629. The van der Waals surface area contributed by atoms with Crippen LogP contribution in [0.15, 0.2) is 18.3 Å². The summed E-state index contributed by atoms with van der Waals surface area (Å²) in [7, 11) is 0. The van der Waals surface area contributed by atoms with Crippen molar-refractivity contribution in [1.82, 2.24) is 9.88 Å². The summed E-state index contributed by atoms with van der Waals surface area (Å²) >= 11 is 0. The molecule has 2 heterocycles. The van der Waals surface area contributed by atoms with E-state index < -0.39 is 23.6 Å². The number of hydrogen-bond donors (Lipinski definition) is 1. The smallest absolute Gasteiger partial charge is 0.433 e. The largest absolute Gasteiger partial charge is 0.444 e. The Morgan fingerprint density at radius 2 is 2.08 bits per heavy atom. The normalized spacial score (nSPS) is 21.1.